The summed E-state index contributed by atoms with van der Waals surface area (Å²) in [6, 6.07) is 7.67. The lowest BCUT2D eigenvalue weighted by molar-refractivity contribution is 0.216. The smallest absolute Gasteiger partial charge is 0.245 e. The lowest BCUT2D eigenvalue weighted by Gasteiger charge is -2.44. The van der Waals surface area contributed by atoms with Crippen molar-refractivity contribution >= 4 is 16.9 Å². The lowest BCUT2D eigenvalue weighted by atomic mass is 9.83. The van der Waals surface area contributed by atoms with Gasteiger partial charge < -0.3 is 10.2 Å². The summed E-state index contributed by atoms with van der Waals surface area (Å²) in [4.78, 5) is 7.07. The normalized spacial score (nSPS) is 22.8. The number of hydrogen-bond acceptors (Lipinski definition) is 7. The number of hydrogen-bond donors (Lipinski definition) is 2. The first-order chi connectivity index (χ1) is 15.8. The Bertz CT molecular complexity index is 1190. The van der Waals surface area contributed by atoms with Crippen LogP contribution in [0.4, 0.5) is 5.95 Å². The van der Waals surface area contributed by atoms with Crippen molar-refractivity contribution in [2.45, 2.75) is 57.2 Å². The molecule has 0 amide bonds. The molecule has 3 atom stereocenters. The van der Waals surface area contributed by atoms with Crippen LogP contribution in [0.2, 0.25) is 0 Å². The van der Waals surface area contributed by atoms with Crippen molar-refractivity contribution in [3.8, 4) is 16.9 Å². The van der Waals surface area contributed by atoms with Crippen molar-refractivity contribution in [1.82, 2.24) is 40.5 Å². The first-order valence-corrected chi connectivity index (χ1v) is 11.5. The largest absolute Gasteiger partial charge is 0.337 e. The molecule has 0 saturated carbocycles. The third kappa shape index (κ3) is 3.33. The zero-order valence-corrected chi connectivity index (χ0v) is 18.1. The molecule has 6 rings (SSSR count). The van der Waals surface area contributed by atoms with E-state index in [1.165, 1.54) is 19.3 Å². The highest BCUT2D eigenvalue weighted by molar-refractivity contribution is 5.97. The van der Waals surface area contributed by atoms with Gasteiger partial charge in [-0.1, -0.05) is 6.42 Å². The van der Waals surface area contributed by atoms with Gasteiger partial charge in [0.1, 0.15) is 5.69 Å². The Morgan fingerprint density at radius 2 is 2.00 bits per heavy atom. The number of benzene rings is 1. The number of aromatic amines is 1. The first kappa shape index (κ1) is 19.4. The standard InChI is InChI=1S/C23H27N9/c1-2-31(17-11-15-5-3-6-16(12-17)27-15)23-24-14-20(28-30-23)18-7-8-21(32-10-4-9-26-32)22-19(18)13-25-29-22/h4,7-10,13-17,27H,2-3,5-6,11-12H2,1H3,(H,25,29)/t15-,16+,17?. The molecule has 4 aromatic rings. The minimum Gasteiger partial charge on any atom is -0.337 e. The fraction of sp³-hybridized carbons (Fsp3) is 0.435. The van der Waals surface area contributed by atoms with Gasteiger partial charge in [0.05, 0.1) is 23.6 Å². The van der Waals surface area contributed by atoms with E-state index in [9.17, 15) is 0 Å². The Hall–Kier alpha value is -3.33. The fourth-order valence-electron chi connectivity index (χ4n) is 5.42. The molecule has 2 aliphatic heterocycles. The van der Waals surface area contributed by atoms with Crippen molar-refractivity contribution in [2.75, 3.05) is 11.4 Å². The van der Waals surface area contributed by atoms with E-state index >= 15 is 0 Å². The molecule has 0 radical (unpaired) electrons. The Labute approximate surface area is 186 Å². The summed E-state index contributed by atoms with van der Waals surface area (Å²) in [5.41, 5.74) is 3.55. The summed E-state index contributed by atoms with van der Waals surface area (Å²) in [7, 11) is 0. The maximum atomic E-state index is 4.74. The van der Waals surface area contributed by atoms with Crippen LogP contribution in [0.15, 0.2) is 43.0 Å². The molecule has 9 nitrogen and oxygen atoms in total. The summed E-state index contributed by atoms with van der Waals surface area (Å²) in [6.45, 7) is 3.06. The Morgan fingerprint density at radius 1 is 1.12 bits per heavy atom. The van der Waals surface area contributed by atoms with Gasteiger partial charge in [-0.3, -0.25) is 5.10 Å². The van der Waals surface area contributed by atoms with Crippen LogP contribution in [0.5, 0.6) is 0 Å². The molecular weight excluding hydrogens is 402 g/mol. The van der Waals surface area contributed by atoms with E-state index in [0.29, 0.717) is 18.1 Å². The molecule has 0 aliphatic carbocycles. The second kappa shape index (κ2) is 7.98. The highest BCUT2D eigenvalue weighted by Crippen LogP contribution is 2.32. The molecule has 0 spiro atoms. The SMILES string of the molecule is CCN(c1ncc(-c2ccc(-n3cccn3)c3[nH]ncc23)nn1)C1C[C@H]2CCC[C@@H](C1)N2. The number of H-pyrrole nitrogens is 1. The van der Waals surface area contributed by atoms with Crippen LogP contribution in [0.1, 0.15) is 39.0 Å². The monoisotopic (exact) mass is 429 g/mol. The molecule has 1 unspecified atom stereocenters. The molecule has 164 valence electrons. The van der Waals surface area contributed by atoms with Gasteiger partial charge in [-0.2, -0.15) is 10.2 Å². The second-order valence-electron chi connectivity index (χ2n) is 8.79. The summed E-state index contributed by atoms with van der Waals surface area (Å²) >= 11 is 0. The Kier molecular flexibility index (Phi) is 4.83. The molecule has 2 bridgehead atoms. The fourth-order valence-corrected chi connectivity index (χ4v) is 5.42. The second-order valence-corrected chi connectivity index (χ2v) is 8.79. The third-order valence-corrected chi connectivity index (χ3v) is 6.90. The van der Waals surface area contributed by atoms with Crippen LogP contribution in [0.25, 0.3) is 27.8 Å². The van der Waals surface area contributed by atoms with Crippen LogP contribution in [0.3, 0.4) is 0 Å². The zero-order chi connectivity index (χ0) is 21.5. The number of piperidine rings is 2. The van der Waals surface area contributed by atoms with Crippen molar-refractivity contribution in [3.05, 3.63) is 43.0 Å². The van der Waals surface area contributed by atoms with Gasteiger partial charge in [-0.15, -0.1) is 10.2 Å². The molecule has 2 fully saturated rings. The van der Waals surface area contributed by atoms with Crippen molar-refractivity contribution in [3.63, 3.8) is 0 Å². The highest BCUT2D eigenvalue weighted by atomic mass is 15.3. The number of anilines is 1. The van der Waals surface area contributed by atoms with Crippen molar-refractivity contribution in [1.29, 1.82) is 0 Å². The average molecular weight is 430 g/mol. The molecule has 2 N–H and O–H groups in total. The van der Waals surface area contributed by atoms with Crippen LogP contribution in [-0.4, -0.2) is 59.8 Å². The molecular formula is C23H27N9. The van der Waals surface area contributed by atoms with Gasteiger partial charge in [0.15, 0.2) is 0 Å². The van der Waals surface area contributed by atoms with Gasteiger partial charge in [-0.05, 0) is 50.8 Å². The average Bonchev–Trinajstić information content (AvgIpc) is 3.52. The van der Waals surface area contributed by atoms with Gasteiger partial charge in [-0.25, -0.2) is 9.67 Å². The predicted molar refractivity (Wildman–Crippen MR) is 123 cm³/mol. The molecule has 2 aliphatic rings. The maximum absolute atomic E-state index is 4.74. The van der Waals surface area contributed by atoms with E-state index < -0.39 is 0 Å². The predicted octanol–water partition coefficient (Wildman–Crippen LogP) is 3.10. The van der Waals surface area contributed by atoms with E-state index in [2.05, 4.69) is 42.6 Å². The van der Waals surface area contributed by atoms with E-state index in [1.54, 1.807) is 6.20 Å². The maximum Gasteiger partial charge on any atom is 0.245 e. The molecule has 1 aromatic carbocycles. The van der Waals surface area contributed by atoms with E-state index in [1.807, 2.05) is 41.5 Å². The van der Waals surface area contributed by atoms with Gasteiger partial charge >= 0.3 is 0 Å². The molecule has 2 saturated heterocycles. The molecule has 3 aromatic heterocycles. The Morgan fingerprint density at radius 3 is 2.72 bits per heavy atom. The molecule has 9 heteroatoms. The van der Waals surface area contributed by atoms with E-state index in [0.717, 1.165) is 53.2 Å². The Balaban J connectivity index is 1.30. The summed E-state index contributed by atoms with van der Waals surface area (Å²) in [5.74, 6) is 0.720. The van der Waals surface area contributed by atoms with Crippen LogP contribution in [-0.2, 0) is 0 Å². The number of fused-ring (bicyclic) bond motifs is 3. The third-order valence-electron chi connectivity index (χ3n) is 6.90. The quantitative estimate of drug-likeness (QED) is 0.503. The number of aromatic nitrogens is 7. The minimum atomic E-state index is 0.470. The first-order valence-electron chi connectivity index (χ1n) is 11.5. The highest BCUT2D eigenvalue weighted by Gasteiger charge is 2.34. The van der Waals surface area contributed by atoms with Crippen molar-refractivity contribution < 1.29 is 0 Å². The lowest BCUT2D eigenvalue weighted by Crippen LogP contribution is -2.55. The van der Waals surface area contributed by atoms with Crippen LogP contribution in [0, 0.1) is 0 Å². The molecule has 5 heterocycles. The van der Waals surface area contributed by atoms with Gasteiger partial charge in [0, 0.05) is 48.0 Å². The van der Waals surface area contributed by atoms with Crippen LogP contribution < -0.4 is 10.2 Å². The van der Waals surface area contributed by atoms with Crippen LogP contribution >= 0.6 is 0 Å². The topological polar surface area (TPSA) is 100 Å². The molecule has 32 heavy (non-hydrogen) atoms. The minimum absolute atomic E-state index is 0.470. The van der Waals surface area contributed by atoms with Gasteiger partial charge in [0.25, 0.3) is 0 Å². The summed E-state index contributed by atoms with van der Waals surface area (Å²) in [5, 5.41) is 25.6. The number of nitrogens with one attached hydrogen (secondary N) is 2. The summed E-state index contributed by atoms with van der Waals surface area (Å²) in [6.07, 6.45) is 13.5. The van der Waals surface area contributed by atoms with E-state index in [-0.39, 0.29) is 0 Å². The number of rotatable bonds is 5. The van der Waals surface area contributed by atoms with Crippen molar-refractivity contribution in [2.24, 2.45) is 0 Å². The summed E-state index contributed by atoms with van der Waals surface area (Å²) < 4.78 is 1.82. The van der Waals surface area contributed by atoms with Gasteiger partial charge in [0.2, 0.25) is 5.95 Å². The van der Waals surface area contributed by atoms with E-state index in [4.69, 9.17) is 4.98 Å². The zero-order valence-electron chi connectivity index (χ0n) is 18.1. The number of nitrogens with zero attached hydrogens (tertiary/aromatic N) is 7.